The highest BCUT2D eigenvalue weighted by Gasteiger charge is 2.08. The van der Waals surface area contributed by atoms with Crippen LogP contribution in [0.4, 0.5) is 0 Å². The molecule has 0 saturated carbocycles. The second-order valence-corrected chi connectivity index (χ2v) is 3.23. The Hall–Kier alpha value is -1.10. The minimum Gasteiger partial charge on any atom is -0.481 e. The number of hydrogen-bond acceptors (Lipinski definition) is 3. The molecule has 0 aliphatic rings. The standard InChI is InChI=1S/C9H17NO4/c1-7(3-2-6-11)10-8(12)4-5-9(13)14/h7,11H,2-6H2,1H3,(H,10,12)(H,13,14). The first-order valence-electron chi connectivity index (χ1n) is 4.68. The molecule has 0 radical (unpaired) electrons. The Morgan fingerprint density at radius 3 is 2.50 bits per heavy atom. The van der Waals surface area contributed by atoms with Crippen LogP contribution in [0.5, 0.6) is 0 Å². The van der Waals surface area contributed by atoms with Gasteiger partial charge in [-0.1, -0.05) is 0 Å². The third-order valence-electron chi connectivity index (χ3n) is 1.77. The van der Waals surface area contributed by atoms with Gasteiger partial charge >= 0.3 is 5.97 Å². The molecule has 0 rings (SSSR count). The van der Waals surface area contributed by atoms with E-state index in [1.807, 2.05) is 6.92 Å². The molecule has 1 atom stereocenters. The number of carbonyl (C=O) groups is 2. The van der Waals surface area contributed by atoms with E-state index in [0.29, 0.717) is 12.8 Å². The summed E-state index contributed by atoms with van der Waals surface area (Å²) >= 11 is 0. The van der Waals surface area contributed by atoms with Crippen molar-refractivity contribution in [3.63, 3.8) is 0 Å². The lowest BCUT2D eigenvalue weighted by molar-refractivity contribution is -0.138. The predicted molar refractivity (Wildman–Crippen MR) is 50.8 cm³/mol. The third-order valence-corrected chi connectivity index (χ3v) is 1.77. The van der Waals surface area contributed by atoms with Crippen LogP contribution in [0.1, 0.15) is 32.6 Å². The maximum atomic E-state index is 11.1. The van der Waals surface area contributed by atoms with Gasteiger partial charge in [0.1, 0.15) is 0 Å². The van der Waals surface area contributed by atoms with Gasteiger partial charge in [0, 0.05) is 19.1 Å². The Bertz CT molecular complexity index is 193. The topological polar surface area (TPSA) is 86.6 Å². The summed E-state index contributed by atoms with van der Waals surface area (Å²) in [5, 5.41) is 19.5. The first kappa shape index (κ1) is 12.9. The molecule has 0 aliphatic heterocycles. The summed E-state index contributed by atoms with van der Waals surface area (Å²) < 4.78 is 0. The average molecular weight is 203 g/mol. The molecule has 0 heterocycles. The van der Waals surface area contributed by atoms with E-state index in [1.54, 1.807) is 0 Å². The lowest BCUT2D eigenvalue weighted by Gasteiger charge is -2.12. The number of hydrogen-bond donors (Lipinski definition) is 3. The molecule has 0 bridgehead atoms. The highest BCUT2D eigenvalue weighted by molar-refractivity contribution is 5.80. The van der Waals surface area contributed by atoms with Crippen molar-refractivity contribution in [3.8, 4) is 0 Å². The van der Waals surface area contributed by atoms with Crippen molar-refractivity contribution in [2.75, 3.05) is 6.61 Å². The first-order chi connectivity index (χ1) is 6.56. The van der Waals surface area contributed by atoms with Crippen molar-refractivity contribution in [2.24, 2.45) is 0 Å². The molecule has 0 aromatic heterocycles. The van der Waals surface area contributed by atoms with Crippen LogP contribution in [-0.4, -0.2) is 34.7 Å². The van der Waals surface area contributed by atoms with Crippen molar-refractivity contribution in [1.29, 1.82) is 0 Å². The molecule has 5 nitrogen and oxygen atoms in total. The van der Waals surface area contributed by atoms with Crippen LogP contribution in [-0.2, 0) is 9.59 Å². The molecule has 0 aliphatic carbocycles. The maximum Gasteiger partial charge on any atom is 0.303 e. The Labute approximate surface area is 83.1 Å². The second-order valence-electron chi connectivity index (χ2n) is 3.23. The zero-order valence-corrected chi connectivity index (χ0v) is 8.32. The normalized spacial score (nSPS) is 12.1. The van der Waals surface area contributed by atoms with Crippen LogP contribution in [0.2, 0.25) is 0 Å². The SMILES string of the molecule is CC(CCCO)NC(=O)CCC(=O)O. The summed E-state index contributed by atoms with van der Waals surface area (Å²) in [6, 6.07) is -0.0107. The van der Waals surface area contributed by atoms with Crippen LogP contribution in [0.3, 0.4) is 0 Å². The molecule has 0 saturated heterocycles. The molecule has 1 amide bonds. The van der Waals surface area contributed by atoms with Crippen molar-refractivity contribution in [1.82, 2.24) is 5.32 Å². The fourth-order valence-corrected chi connectivity index (χ4v) is 1.04. The van der Waals surface area contributed by atoms with E-state index < -0.39 is 5.97 Å². The van der Waals surface area contributed by atoms with Crippen LogP contribution in [0.15, 0.2) is 0 Å². The average Bonchev–Trinajstić information content (AvgIpc) is 2.11. The molecule has 0 aromatic carbocycles. The van der Waals surface area contributed by atoms with Gasteiger partial charge in [-0.3, -0.25) is 9.59 Å². The van der Waals surface area contributed by atoms with Gasteiger partial charge in [0.15, 0.2) is 0 Å². The molecular formula is C9H17NO4. The monoisotopic (exact) mass is 203 g/mol. The number of carboxylic acid groups (broad SMARTS) is 1. The smallest absolute Gasteiger partial charge is 0.303 e. The summed E-state index contributed by atoms with van der Waals surface area (Å²) in [4.78, 5) is 21.2. The second kappa shape index (κ2) is 7.32. The van der Waals surface area contributed by atoms with E-state index in [4.69, 9.17) is 10.2 Å². The van der Waals surface area contributed by atoms with Gasteiger partial charge in [-0.15, -0.1) is 0 Å². The summed E-state index contributed by atoms with van der Waals surface area (Å²) in [6.07, 6.45) is 1.22. The van der Waals surface area contributed by atoms with E-state index >= 15 is 0 Å². The molecule has 0 fully saturated rings. The number of nitrogens with one attached hydrogen (secondary N) is 1. The summed E-state index contributed by atoms with van der Waals surface area (Å²) in [5.74, 6) is -1.22. The van der Waals surface area contributed by atoms with Gasteiger partial charge in [0.05, 0.1) is 6.42 Å². The quantitative estimate of drug-likeness (QED) is 0.549. The molecule has 0 aromatic rings. The number of carboxylic acids is 1. The minimum absolute atomic E-state index is 0.0107. The number of aliphatic hydroxyl groups is 1. The fourth-order valence-electron chi connectivity index (χ4n) is 1.04. The lowest BCUT2D eigenvalue weighted by Crippen LogP contribution is -2.32. The number of rotatable bonds is 7. The predicted octanol–water partition coefficient (Wildman–Crippen LogP) is 0.128. The van der Waals surface area contributed by atoms with Crippen molar-refractivity contribution >= 4 is 11.9 Å². The van der Waals surface area contributed by atoms with E-state index in [-0.39, 0.29) is 31.4 Å². The lowest BCUT2D eigenvalue weighted by atomic mass is 10.2. The van der Waals surface area contributed by atoms with Crippen molar-refractivity contribution in [3.05, 3.63) is 0 Å². The van der Waals surface area contributed by atoms with Crippen LogP contribution in [0, 0.1) is 0 Å². The van der Waals surface area contributed by atoms with Crippen molar-refractivity contribution < 1.29 is 19.8 Å². The number of carbonyl (C=O) groups excluding carboxylic acids is 1. The third kappa shape index (κ3) is 7.54. The van der Waals surface area contributed by atoms with Gasteiger partial charge in [0.2, 0.25) is 5.91 Å². The Morgan fingerprint density at radius 1 is 1.36 bits per heavy atom. The van der Waals surface area contributed by atoms with Crippen LogP contribution in [0.25, 0.3) is 0 Å². The summed E-state index contributed by atoms with van der Waals surface area (Å²) in [5.41, 5.74) is 0. The molecular weight excluding hydrogens is 186 g/mol. The highest BCUT2D eigenvalue weighted by atomic mass is 16.4. The number of aliphatic hydroxyl groups excluding tert-OH is 1. The van der Waals surface area contributed by atoms with Gasteiger partial charge in [-0.05, 0) is 19.8 Å². The van der Waals surface area contributed by atoms with Gasteiger partial charge < -0.3 is 15.5 Å². The molecule has 1 unspecified atom stereocenters. The number of aliphatic carboxylic acids is 1. The zero-order valence-electron chi connectivity index (χ0n) is 8.32. The van der Waals surface area contributed by atoms with Crippen LogP contribution >= 0.6 is 0 Å². The Balaban J connectivity index is 3.55. The van der Waals surface area contributed by atoms with Gasteiger partial charge in [-0.2, -0.15) is 0 Å². The molecule has 0 spiro atoms. The van der Waals surface area contributed by atoms with Gasteiger partial charge in [0.25, 0.3) is 0 Å². The number of amides is 1. The first-order valence-corrected chi connectivity index (χ1v) is 4.68. The van der Waals surface area contributed by atoms with E-state index in [2.05, 4.69) is 5.32 Å². The molecule has 5 heteroatoms. The largest absolute Gasteiger partial charge is 0.481 e. The Kier molecular flexibility index (Phi) is 6.74. The van der Waals surface area contributed by atoms with E-state index in [1.165, 1.54) is 0 Å². The summed E-state index contributed by atoms with van der Waals surface area (Å²) in [6.45, 7) is 1.93. The minimum atomic E-state index is -0.969. The van der Waals surface area contributed by atoms with Crippen LogP contribution < -0.4 is 5.32 Å². The van der Waals surface area contributed by atoms with Crippen molar-refractivity contribution in [2.45, 2.75) is 38.6 Å². The fraction of sp³-hybridized carbons (Fsp3) is 0.778. The Morgan fingerprint density at radius 2 is 2.00 bits per heavy atom. The van der Waals surface area contributed by atoms with E-state index in [9.17, 15) is 9.59 Å². The van der Waals surface area contributed by atoms with E-state index in [0.717, 1.165) is 0 Å². The maximum absolute atomic E-state index is 11.1. The zero-order chi connectivity index (χ0) is 11.0. The molecule has 14 heavy (non-hydrogen) atoms. The van der Waals surface area contributed by atoms with Gasteiger partial charge in [-0.25, -0.2) is 0 Å². The molecule has 82 valence electrons. The molecule has 3 N–H and O–H groups in total. The highest BCUT2D eigenvalue weighted by Crippen LogP contribution is 1.97. The summed E-state index contributed by atoms with van der Waals surface area (Å²) in [7, 11) is 0.